The van der Waals surface area contributed by atoms with Gasteiger partial charge in [0.1, 0.15) is 0 Å². The smallest absolute Gasteiger partial charge is 0.212 e. The van der Waals surface area contributed by atoms with E-state index >= 15 is 0 Å². The van der Waals surface area contributed by atoms with Gasteiger partial charge in [0.2, 0.25) is 6.41 Å². The minimum absolute atomic E-state index is 0.0601. The molecule has 0 bridgehead atoms. The number of aromatic amines is 1. The molecule has 0 saturated heterocycles. The summed E-state index contributed by atoms with van der Waals surface area (Å²) in [5, 5.41) is 9.86. The topological polar surface area (TPSA) is 88.0 Å². The third-order valence-electron chi connectivity index (χ3n) is 4.38. The van der Waals surface area contributed by atoms with Crippen LogP contribution >= 0.6 is 11.6 Å². The maximum absolute atomic E-state index is 14.9. The third kappa shape index (κ3) is 3.58. The molecule has 3 heterocycles. The first-order chi connectivity index (χ1) is 14.0. The zero-order valence-corrected chi connectivity index (χ0v) is 16.4. The maximum Gasteiger partial charge on any atom is 0.212 e. The van der Waals surface area contributed by atoms with Crippen LogP contribution in [0.3, 0.4) is 0 Å². The number of imidazole rings is 1. The monoisotopic (exact) mass is 412 g/mol. The van der Waals surface area contributed by atoms with Gasteiger partial charge in [-0.1, -0.05) is 37.4 Å². The molecular weight excluding hydrogens is 395 g/mol. The Bertz CT molecular complexity index is 1240. The molecule has 9 heteroatoms. The largest absolute Gasteiger partial charge is 0.312 e. The van der Waals surface area contributed by atoms with E-state index in [2.05, 4.69) is 32.1 Å². The van der Waals surface area contributed by atoms with Crippen molar-refractivity contribution in [2.45, 2.75) is 26.2 Å². The molecular formula is C20H18ClFN6O. The molecule has 29 heavy (non-hydrogen) atoms. The summed E-state index contributed by atoms with van der Waals surface area (Å²) >= 11 is 6.34. The van der Waals surface area contributed by atoms with E-state index in [1.807, 2.05) is 0 Å². The van der Waals surface area contributed by atoms with E-state index in [1.165, 1.54) is 25.5 Å². The van der Waals surface area contributed by atoms with Crippen LogP contribution < -0.4 is 5.32 Å². The van der Waals surface area contributed by atoms with Gasteiger partial charge >= 0.3 is 0 Å². The van der Waals surface area contributed by atoms with Crippen LogP contribution in [-0.4, -0.2) is 31.0 Å². The fraction of sp³-hybridized carbons (Fsp3) is 0.200. The quantitative estimate of drug-likeness (QED) is 0.469. The Hall–Kier alpha value is -3.26. The molecule has 5 rings (SSSR count). The van der Waals surface area contributed by atoms with Crippen molar-refractivity contribution in [3.05, 3.63) is 47.8 Å². The van der Waals surface area contributed by atoms with Crippen molar-refractivity contribution in [2.24, 2.45) is 0 Å². The Balaban J connectivity index is 0.000000626. The summed E-state index contributed by atoms with van der Waals surface area (Å²) in [7, 11) is 0. The Kier molecular flexibility index (Phi) is 5.02. The van der Waals surface area contributed by atoms with Gasteiger partial charge in [-0.05, 0) is 12.5 Å². The van der Waals surface area contributed by atoms with Gasteiger partial charge in [-0.3, -0.25) is 14.9 Å². The maximum atomic E-state index is 14.9. The van der Waals surface area contributed by atoms with Crippen LogP contribution in [0.15, 0.2) is 31.4 Å². The number of carbonyl (C=O) groups is 1. The molecule has 0 aliphatic heterocycles. The second-order valence-electron chi connectivity index (χ2n) is 6.80. The van der Waals surface area contributed by atoms with Gasteiger partial charge in [0.15, 0.2) is 17.3 Å². The molecule has 0 spiro atoms. The van der Waals surface area contributed by atoms with E-state index in [0.29, 0.717) is 51.2 Å². The summed E-state index contributed by atoms with van der Waals surface area (Å²) in [6, 6.07) is 0. The highest BCUT2D eigenvalue weighted by atomic mass is 35.5. The summed E-state index contributed by atoms with van der Waals surface area (Å²) in [5.74, 6) is -0.205. The number of allylic oxidation sites excluding steroid dienone is 1. The lowest BCUT2D eigenvalue weighted by Gasteiger charge is -2.12. The number of fused-ring (bicyclic) bond motifs is 2. The first-order valence-electron chi connectivity index (χ1n) is 9.06. The van der Waals surface area contributed by atoms with Crippen LogP contribution in [-0.2, 0) is 4.79 Å². The van der Waals surface area contributed by atoms with E-state index < -0.39 is 5.82 Å². The number of hydrogen-bond donors (Lipinski definition) is 2. The van der Waals surface area contributed by atoms with Crippen molar-refractivity contribution in [2.75, 3.05) is 5.32 Å². The van der Waals surface area contributed by atoms with Gasteiger partial charge in [0, 0.05) is 22.7 Å². The molecule has 148 valence electrons. The molecule has 1 aromatic carbocycles. The van der Waals surface area contributed by atoms with Gasteiger partial charge in [0.05, 0.1) is 34.8 Å². The standard InChI is InChI=1S/C17H12ClFN6O.C3H6/c1-8(2)13-16(19)15(18)14(9-3-22-24-17(9)13)10-5-25-6-11(21-7-26)23-12(25)4-20-10;1-2-3-1/h3-7H,1H2,2H3,(H,21,26)(H,22,24);1-3H2. The number of amides is 1. The fourth-order valence-corrected chi connectivity index (χ4v) is 3.22. The van der Waals surface area contributed by atoms with Crippen molar-refractivity contribution in [3.8, 4) is 11.3 Å². The van der Waals surface area contributed by atoms with E-state index in [0.717, 1.165) is 0 Å². The Morgan fingerprint density at radius 1 is 1.34 bits per heavy atom. The number of hydrogen-bond acceptors (Lipinski definition) is 4. The van der Waals surface area contributed by atoms with Gasteiger partial charge in [0.25, 0.3) is 0 Å². The van der Waals surface area contributed by atoms with Crippen molar-refractivity contribution >= 4 is 46.0 Å². The number of nitrogens with zero attached hydrogens (tertiary/aromatic N) is 4. The predicted molar refractivity (Wildman–Crippen MR) is 111 cm³/mol. The summed E-state index contributed by atoms with van der Waals surface area (Å²) in [6.07, 6.45) is 11.4. The Morgan fingerprint density at radius 3 is 2.76 bits per heavy atom. The lowest BCUT2D eigenvalue weighted by Crippen LogP contribution is -1.97. The van der Waals surface area contributed by atoms with Crippen LogP contribution in [0.2, 0.25) is 5.02 Å². The van der Waals surface area contributed by atoms with Crippen LogP contribution in [0.1, 0.15) is 31.7 Å². The van der Waals surface area contributed by atoms with Crippen LogP contribution in [0.25, 0.3) is 33.4 Å². The van der Waals surface area contributed by atoms with Crippen molar-refractivity contribution in [1.29, 1.82) is 0 Å². The SMILES string of the molecule is C1CC1.C=C(C)c1c(F)c(Cl)c(-c2cn3cc(NC=O)nc3cn2)c2cn[nH]c12. The number of carbonyl (C=O) groups excluding carboxylic acids is 1. The van der Waals surface area contributed by atoms with E-state index in [9.17, 15) is 9.18 Å². The first kappa shape index (κ1) is 19.1. The highest BCUT2D eigenvalue weighted by Crippen LogP contribution is 2.40. The molecule has 1 saturated carbocycles. The van der Waals surface area contributed by atoms with Gasteiger partial charge < -0.3 is 9.72 Å². The molecule has 0 unspecified atom stereocenters. The number of H-pyrrole nitrogens is 1. The van der Waals surface area contributed by atoms with Crippen molar-refractivity contribution < 1.29 is 9.18 Å². The fourth-order valence-electron chi connectivity index (χ4n) is 2.92. The minimum Gasteiger partial charge on any atom is -0.312 e. The zero-order chi connectivity index (χ0) is 20.5. The third-order valence-corrected chi connectivity index (χ3v) is 4.73. The number of nitrogens with one attached hydrogen (secondary N) is 2. The normalized spacial score (nSPS) is 12.5. The molecule has 3 aromatic heterocycles. The van der Waals surface area contributed by atoms with E-state index in [1.54, 1.807) is 29.9 Å². The molecule has 1 fully saturated rings. The van der Waals surface area contributed by atoms with Gasteiger partial charge in [-0.2, -0.15) is 5.10 Å². The van der Waals surface area contributed by atoms with Gasteiger partial charge in [-0.25, -0.2) is 9.37 Å². The number of halogens is 2. The van der Waals surface area contributed by atoms with Crippen molar-refractivity contribution in [1.82, 2.24) is 24.6 Å². The van der Waals surface area contributed by atoms with Crippen LogP contribution in [0, 0.1) is 5.82 Å². The predicted octanol–water partition coefficient (Wildman–Crippen LogP) is 4.84. The molecule has 7 nitrogen and oxygen atoms in total. The van der Waals surface area contributed by atoms with E-state index in [4.69, 9.17) is 11.6 Å². The van der Waals surface area contributed by atoms with Crippen LogP contribution in [0.4, 0.5) is 10.2 Å². The Morgan fingerprint density at radius 2 is 2.10 bits per heavy atom. The average Bonchev–Trinajstić information content (AvgIpc) is 3.41. The second-order valence-corrected chi connectivity index (χ2v) is 7.18. The average molecular weight is 413 g/mol. The molecule has 0 atom stereocenters. The highest BCUT2D eigenvalue weighted by Gasteiger charge is 2.22. The molecule has 1 aliphatic rings. The van der Waals surface area contributed by atoms with Crippen LogP contribution in [0.5, 0.6) is 0 Å². The minimum atomic E-state index is -0.582. The number of benzene rings is 1. The summed E-state index contributed by atoms with van der Waals surface area (Å²) in [5.41, 5.74) is 2.72. The number of anilines is 1. The zero-order valence-electron chi connectivity index (χ0n) is 15.7. The Labute approximate surface area is 170 Å². The van der Waals surface area contributed by atoms with E-state index in [-0.39, 0.29) is 5.02 Å². The highest BCUT2D eigenvalue weighted by molar-refractivity contribution is 6.35. The van der Waals surface area contributed by atoms with Crippen molar-refractivity contribution in [3.63, 3.8) is 0 Å². The molecule has 1 amide bonds. The lowest BCUT2D eigenvalue weighted by molar-refractivity contribution is -0.105. The first-order valence-corrected chi connectivity index (χ1v) is 9.44. The van der Waals surface area contributed by atoms with Gasteiger partial charge in [-0.15, -0.1) is 0 Å². The number of aromatic nitrogens is 5. The molecule has 4 aromatic rings. The molecule has 1 aliphatic carbocycles. The second kappa shape index (κ2) is 7.63. The number of rotatable bonds is 4. The summed E-state index contributed by atoms with van der Waals surface area (Å²) in [6.45, 7) is 5.51. The summed E-state index contributed by atoms with van der Waals surface area (Å²) < 4.78 is 16.6. The summed E-state index contributed by atoms with van der Waals surface area (Å²) in [4.78, 5) is 19.1. The molecule has 2 N–H and O–H groups in total. The molecule has 0 radical (unpaired) electrons. The lowest BCUT2D eigenvalue weighted by atomic mass is 9.99.